The van der Waals surface area contributed by atoms with E-state index < -0.39 is 0 Å². The van der Waals surface area contributed by atoms with Crippen molar-refractivity contribution < 1.29 is 9.26 Å². The zero-order valence-corrected chi connectivity index (χ0v) is 14.4. The summed E-state index contributed by atoms with van der Waals surface area (Å²) >= 11 is 6.07. The molecule has 0 aromatic carbocycles. The van der Waals surface area contributed by atoms with Gasteiger partial charge >= 0.3 is 0 Å². The van der Waals surface area contributed by atoms with E-state index in [1.807, 2.05) is 6.07 Å². The average molecular weight is 348 g/mol. The maximum atomic E-state index is 6.07. The van der Waals surface area contributed by atoms with Gasteiger partial charge in [-0.1, -0.05) is 16.8 Å². The third kappa shape index (κ3) is 3.90. The largest absolute Gasteiger partial charge is 0.492 e. The van der Waals surface area contributed by atoms with E-state index in [1.165, 1.54) is 12.8 Å². The second kappa shape index (κ2) is 7.11. The quantitative estimate of drug-likeness (QED) is 0.793. The normalized spacial score (nSPS) is 19.5. The molecule has 24 heavy (non-hydrogen) atoms. The van der Waals surface area contributed by atoms with Crippen LogP contribution in [0.25, 0.3) is 0 Å². The summed E-state index contributed by atoms with van der Waals surface area (Å²) in [7, 11) is 0. The van der Waals surface area contributed by atoms with E-state index >= 15 is 0 Å². The van der Waals surface area contributed by atoms with Crippen LogP contribution in [0, 0.1) is 5.92 Å². The minimum Gasteiger partial charge on any atom is -0.492 e. The average Bonchev–Trinajstić information content (AvgIpc) is 3.35. The lowest BCUT2D eigenvalue weighted by molar-refractivity contribution is 0.134. The van der Waals surface area contributed by atoms with Gasteiger partial charge in [-0.05, 0) is 44.7 Å². The standard InChI is InChI=1S/C18H22ClN3O2/c19-16-10-20-6-3-17(16)23-12-13-4-7-22(8-5-13)11-15-9-18(24-21-15)14-1-2-14/h3,6,9-10,13-14H,1-2,4-5,7-8,11-12H2. The Morgan fingerprint density at radius 1 is 1.25 bits per heavy atom. The lowest BCUT2D eigenvalue weighted by Gasteiger charge is -2.31. The Morgan fingerprint density at radius 2 is 2.08 bits per heavy atom. The zero-order chi connectivity index (χ0) is 16.4. The fourth-order valence-electron chi connectivity index (χ4n) is 3.19. The molecule has 128 valence electrons. The van der Waals surface area contributed by atoms with Gasteiger partial charge in [0.2, 0.25) is 0 Å². The molecule has 2 aromatic rings. The van der Waals surface area contributed by atoms with Crippen LogP contribution in [0.4, 0.5) is 0 Å². The topological polar surface area (TPSA) is 51.4 Å². The van der Waals surface area contributed by atoms with E-state index in [0.29, 0.717) is 23.5 Å². The highest BCUT2D eigenvalue weighted by Crippen LogP contribution is 2.40. The number of hydrogen-bond donors (Lipinski definition) is 0. The molecule has 5 nitrogen and oxygen atoms in total. The van der Waals surface area contributed by atoms with Gasteiger partial charge in [0, 0.05) is 37.0 Å². The van der Waals surface area contributed by atoms with Crippen molar-refractivity contribution in [2.75, 3.05) is 19.7 Å². The van der Waals surface area contributed by atoms with Crippen LogP contribution in [0.3, 0.4) is 0 Å². The number of ether oxygens (including phenoxy) is 1. The molecule has 1 saturated carbocycles. The fraction of sp³-hybridized carbons (Fsp3) is 0.556. The highest BCUT2D eigenvalue weighted by atomic mass is 35.5. The summed E-state index contributed by atoms with van der Waals surface area (Å²) in [5.74, 6) is 3.01. The van der Waals surface area contributed by atoms with Crippen molar-refractivity contribution in [2.45, 2.75) is 38.1 Å². The van der Waals surface area contributed by atoms with E-state index in [4.69, 9.17) is 20.9 Å². The van der Waals surface area contributed by atoms with E-state index in [9.17, 15) is 0 Å². The second-order valence-corrected chi connectivity index (χ2v) is 7.24. The minimum atomic E-state index is 0.574. The molecular weight excluding hydrogens is 326 g/mol. The zero-order valence-electron chi connectivity index (χ0n) is 13.7. The molecule has 0 bridgehead atoms. The number of aromatic nitrogens is 2. The molecule has 0 radical (unpaired) electrons. The van der Waals surface area contributed by atoms with Crippen molar-refractivity contribution in [1.29, 1.82) is 0 Å². The molecule has 0 spiro atoms. The first-order valence-electron chi connectivity index (χ1n) is 8.68. The SMILES string of the molecule is Clc1cnccc1OCC1CCN(Cc2cc(C3CC3)on2)CC1. The van der Waals surface area contributed by atoms with Gasteiger partial charge in [0.1, 0.15) is 16.5 Å². The van der Waals surface area contributed by atoms with Gasteiger partial charge in [0.15, 0.2) is 0 Å². The summed E-state index contributed by atoms with van der Waals surface area (Å²) in [5, 5.41) is 4.79. The van der Waals surface area contributed by atoms with Crippen molar-refractivity contribution in [2.24, 2.45) is 5.92 Å². The number of hydrogen-bond acceptors (Lipinski definition) is 5. The molecule has 1 saturated heterocycles. The summed E-state index contributed by atoms with van der Waals surface area (Å²) in [6.07, 6.45) is 8.10. The summed E-state index contributed by atoms with van der Waals surface area (Å²) in [6, 6.07) is 3.96. The summed E-state index contributed by atoms with van der Waals surface area (Å²) in [4.78, 5) is 6.42. The van der Waals surface area contributed by atoms with Crippen molar-refractivity contribution in [3.8, 4) is 5.75 Å². The molecule has 0 unspecified atom stereocenters. The molecule has 0 amide bonds. The van der Waals surface area contributed by atoms with Crippen molar-refractivity contribution in [1.82, 2.24) is 15.0 Å². The Hall–Kier alpha value is -1.59. The molecule has 3 heterocycles. The maximum absolute atomic E-state index is 6.07. The van der Waals surface area contributed by atoms with E-state index in [2.05, 4.69) is 21.1 Å². The monoisotopic (exact) mass is 347 g/mol. The van der Waals surface area contributed by atoms with Gasteiger partial charge in [-0.25, -0.2) is 0 Å². The number of rotatable bonds is 6. The van der Waals surface area contributed by atoms with Crippen LogP contribution in [0.2, 0.25) is 5.02 Å². The minimum absolute atomic E-state index is 0.574. The highest BCUT2D eigenvalue weighted by Gasteiger charge is 2.28. The van der Waals surface area contributed by atoms with E-state index in [0.717, 1.165) is 49.7 Å². The summed E-state index contributed by atoms with van der Waals surface area (Å²) in [5.41, 5.74) is 1.06. The summed E-state index contributed by atoms with van der Waals surface area (Å²) < 4.78 is 11.3. The Morgan fingerprint density at radius 3 is 2.83 bits per heavy atom. The number of likely N-dealkylation sites (tertiary alicyclic amines) is 1. The predicted molar refractivity (Wildman–Crippen MR) is 91.2 cm³/mol. The molecule has 2 aliphatic rings. The van der Waals surface area contributed by atoms with Crippen LogP contribution in [-0.2, 0) is 6.54 Å². The molecule has 0 atom stereocenters. The van der Waals surface area contributed by atoms with Gasteiger partial charge in [0.05, 0.1) is 12.3 Å². The van der Waals surface area contributed by atoms with Crippen molar-refractivity contribution >= 4 is 11.6 Å². The van der Waals surface area contributed by atoms with Gasteiger partial charge in [-0.15, -0.1) is 0 Å². The number of pyridine rings is 1. The van der Waals surface area contributed by atoms with Crippen LogP contribution in [-0.4, -0.2) is 34.7 Å². The smallest absolute Gasteiger partial charge is 0.141 e. The molecule has 2 fully saturated rings. The molecule has 6 heteroatoms. The van der Waals surface area contributed by atoms with Crippen LogP contribution in [0.1, 0.15) is 43.1 Å². The van der Waals surface area contributed by atoms with Crippen molar-refractivity contribution in [3.63, 3.8) is 0 Å². The Kier molecular flexibility index (Phi) is 4.72. The van der Waals surface area contributed by atoms with Crippen molar-refractivity contribution in [3.05, 3.63) is 41.0 Å². The fourth-order valence-corrected chi connectivity index (χ4v) is 3.36. The third-order valence-corrected chi connectivity index (χ3v) is 5.14. The number of piperidine rings is 1. The van der Waals surface area contributed by atoms with Crippen LogP contribution < -0.4 is 4.74 Å². The molecule has 1 aliphatic heterocycles. The molecule has 0 N–H and O–H groups in total. The first kappa shape index (κ1) is 15.9. The maximum Gasteiger partial charge on any atom is 0.141 e. The predicted octanol–water partition coefficient (Wildman–Crippen LogP) is 3.89. The summed E-state index contributed by atoms with van der Waals surface area (Å²) in [6.45, 7) is 3.75. The van der Waals surface area contributed by atoms with Gasteiger partial charge in [0.25, 0.3) is 0 Å². The van der Waals surface area contributed by atoms with Gasteiger partial charge in [-0.3, -0.25) is 9.88 Å². The van der Waals surface area contributed by atoms with E-state index in [-0.39, 0.29) is 0 Å². The highest BCUT2D eigenvalue weighted by molar-refractivity contribution is 6.31. The van der Waals surface area contributed by atoms with E-state index in [1.54, 1.807) is 12.4 Å². The Labute approximate surface area is 146 Å². The Bertz CT molecular complexity index is 678. The second-order valence-electron chi connectivity index (χ2n) is 6.83. The first-order chi connectivity index (χ1) is 11.8. The van der Waals surface area contributed by atoms with Crippen LogP contribution >= 0.6 is 11.6 Å². The molecule has 2 aromatic heterocycles. The lowest BCUT2D eigenvalue weighted by Crippen LogP contribution is -2.35. The molecule has 4 rings (SSSR count). The first-order valence-corrected chi connectivity index (χ1v) is 9.06. The third-order valence-electron chi connectivity index (χ3n) is 4.86. The van der Waals surface area contributed by atoms with Crippen LogP contribution in [0.15, 0.2) is 29.0 Å². The Balaban J connectivity index is 1.22. The number of nitrogens with zero attached hydrogens (tertiary/aromatic N) is 3. The van der Waals surface area contributed by atoms with Gasteiger partial charge in [-0.2, -0.15) is 0 Å². The molecule has 1 aliphatic carbocycles. The van der Waals surface area contributed by atoms with Gasteiger partial charge < -0.3 is 9.26 Å². The number of halogens is 1. The van der Waals surface area contributed by atoms with Crippen LogP contribution in [0.5, 0.6) is 5.75 Å². The lowest BCUT2D eigenvalue weighted by atomic mass is 9.97. The molecular formula is C18H22ClN3O2.